The van der Waals surface area contributed by atoms with Crippen LogP contribution in [0.15, 0.2) is 18.2 Å². The molecular formula is C13H15NO6. The van der Waals surface area contributed by atoms with E-state index in [0.29, 0.717) is 6.29 Å². The number of hydrogen-bond donors (Lipinski definition) is 0. The third-order valence-electron chi connectivity index (χ3n) is 2.42. The monoisotopic (exact) mass is 281 g/mol. The van der Waals surface area contributed by atoms with Crippen LogP contribution in [-0.4, -0.2) is 30.4 Å². The van der Waals surface area contributed by atoms with Gasteiger partial charge in [0.15, 0.2) is 12.4 Å². The van der Waals surface area contributed by atoms with Crippen molar-refractivity contribution in [2.75, 3.05) is 13.2 Å². The van der Waals surface area contributed by atoms with E-state index in [0.717, 1.165) is 18.9 Å². The maximum Gasteiger partial charge on any atom is 0.344 e. The van der Waals surface area contributed by atoms with E-state index in [2.05, 4.69) is 0 Å². The Labute approximate surface area is 115 Å². The number of carbonyl (C=O) groups excluding carboxylic acids is 2. The van der Waals surface area contributed by atoms with Crippen molar-refractivity contribution in [3.63, 3.8) is 0 Å². The van der Waals surface area contributed by atoms with Crippen LogP contribution >= 0.6 is 0 Å². The molecule has 0 atom stereocenters. The third kappa shape index (κ3) is 4.68. The molecule has 1 aromatic rings. The summed E-state index contributed by atoms with van der Waals surface area (Å²) >= 11 is 0. The van der Waals surface area contributed by atoms with E-state index >= 15 is 0 Å². The van der Waals surface area contributed by atoms with E-state index in [1.807, 2.05) is 6.92 Å². The van der Waals surface area contributed by atoms with E-state index in [9.17, 15) is 19.7 Å². The highest BCUT2D eigenvalue weighted by atomic mass is 16.6. The molecule has 0 fully saturated rings. The van der Waals surface area contributed by atoms with Gasteiger partial charge in [0.1, 0.15) is 6.29 Å². The third-order valence-corrected chi connectivity index (χ3v) is 2.42. The summed E-state index contributed by atoms with van der Waals surface area (Å²) in [6.45, 7) is 1.81. The SMILES string of the molecule is CCCCOC(=O)COc1cc(C=O)ccc1[N+](=O)[O-]. The number of nitro groups is 1. The Morgan fingerprint density at radius 1 is 1.45 bits per heavy atom. The Bertz CT molecular complexity index is 500. The van der Waals surface area contributed by atoms with E-state index in [4.69, 9.17) is 9.47 Å². The van der Waals surface area contributed by atoms with Crippen LogP contribution in [0.3, 0.4) is 0 Å². The van der Waals surface area contributed by atoms with Crippen LogP contribution < -0.4 is 4.74 Å². The van der Waals surface area contributed by atoms with E-state index in [1.165, 1.54) is 12.1 Å². The van der Waals surface area contributed by atoms with Gasteiger partial charge >= 0.3 is 11.7 Å². The summed E-state index contributed by atoms with van der Waals surface area (Å²) in [5.74, 6) is -0.740. The van der Waals surface area contributed by atoms with Gasteiger partial charge < -0.3 is 9.47 Å². The van der Waals surface area contributed by atoms with Crippen LogP contribution in [0.25, 0.3) is 0 Å². The number of esters is 1. The second-order valence-electron chi connectivity index (χ2n) is 3.96. The molecule has 1 aromatic carbocycles. The molecule has 0 heterocycles. The molecule has 20 heavy (non-hydrogen) atoms. The van der Waals surface area contributed by atoms with Crippen molar-refractivity contribution >= 4 is 17.9 Å². The topological polar surface area (TPSA) is 95.7 Å². The lowest BCUT2D eigenvalue weighted by molar-refractivity contribution is -0.385. The maximum atomic E-state index is 11.3. The van der Waals surface area contributed by atoms with Gasteiger partial charge in [0.2, 0.25) is 0 Å². The second kappa shape index (κ2) is 7.88. The number of hydrogen-bond acceptors (Lipinski definition) is 6. The highest BCUT2D eigenvalue weighted by molar-refractivity contribution is 5.77. The van der Waals surface area contributed by atoms with Crippen LogP contribution in [0, 0.1) is 10.1 Å². The summed E-state index contributed by atoms with van der Waals surface area (Å²) in [4.78, 5) is 32.1. The first-order valence-corrected chi connectivity index (χ1v) is 6.10. The quantitative estimate of drug-likeness (QED) is 0.238. The highest BCUT2D eigenvalue weighted by Crippen LogP contribution is 2.27. The maximum absolute atomic E-state index is 11.3. The van der Waals surface area contributed by atoms with Gasteiger partial charge in [0, 0.05) is 11.6 Å². The largest absolute Gasteiger partial charge is 0.475 e. The Balaban J connectivity index is 2.68. The standard InChI is InChI=1S/C13H15NO6/c1-2-3-6-19-13(16)9-20-12-7-10(8-15)4-5-11(12)14(17)18/h4-5,7-8H,2-3,6,9H2,1H3. The van der Waals surface area contributed by atoms with Crippen molar-refractivity contribution in [2.24, 2.45) is 0 Å². The van der Waals surface area contributed by atoms with Crippen molar-refractivity contribution < 1.29 is 24.0 Å². The zero-order valence-electron chi connectivity index (χ0n) is 11.0. The minimum Gasteiger partial charge on any atom is -0.475 e. The molecule has 7 heteroatoms. The molecule has 0 saturated heterocycles. The van der Waals surface area contributed by atoms with Crippen molar-refractivity contribution in [3.8, 4) is 5.75 Å². The van der Waals surface area contributed by atoms with E-state index < -0.39 is 17.5 Å². The fraction of sp³-hybridized carbons (Fsp3) is 0.385. The van der Waals surface area contributed by atoms with Gasteiger partial charge in [-0.1, -0.05) is 13.3 Å². The summed E-state index contributed by atoms with van der Waals surface area (Å²) in [7, 11) is 0. The number of ether oxygens (including phenoxy) is 2. The molecule has 0 radical (unpaired) electrons. The lowest BCUT2D eigenvalue weighted by Crippen LogP contribution is -2.16. The molecule has 0 saturated carbocycles. The molecule has 0 amide bonds. The van der Waals surface area contributed by atoms with Gasteiger partial charge in [-0.25, -0.2) is 4.79 Å². The lowest BCUT2D eigenvalue weighted by atomic mass is 10.2. The molecule has 0 aliphatic heterocycles. The normalized spacial score (nSPS) is 9.85. The molecule has 0 aromatic heterocycles. The van der Waals surface area contributed by atoms with Crippen LogP contribution in [-0.2, 0) is 9.53 Å². The van der Waals surface area contributed by atoms with Gasteiger partial charge in [0.25, 0.3) is 0 Å². The highest BCUT2D eigenvalue weighted by Gasteiger charge is 2.17. The van der Waals surface area contributed by atoms with E-state index in [1.54, 1.807) is 0 Å². The molecule has 0 unspecified atom stereocenters. The molecule has 108 valence electrons. The van der Waals surface area contributed by atoms with Gasteiger partial charge in [-0.2, -0.15) is 0 Å². The second-order valence-corrected chi connectivity index (χ2v) is 3.96. The summed E-state index contributed by atoms with van der Waals surface area (Å²) in [5, 5.41) is 10.8. The molecule has 0 bridgehead atoms. The Morgan fingerprint density at radius 2 is 2.20 bits per heavy atom. The average Bonchev–Trinajstić information content (AvgIpc) is 2.44. The molecule has 0 N–H and O–H groups in total. The lowest BCUT2D eigenvalue weighted by Gasteiger charge is -2.07. The number of unbranched alkanes of at least 4 members (excludes halogenated alkanes) is 1. The molecule has 0 aliphatic carbocycles. The Morgan fingerprint density at radius 3 is 2.80 bits per heavy atom. The summed E-state index contributed by atoms with van der Waals surface area (Å²) in [5.41, 5.74) is -0.0816. The fourth-order valence-corrected chi connectivity index (χ4v) is 1.38. The predicted molar refractivity (Wildman–Crippen MR) is 69.8 cm³/mol. The zero-order chi connectivity index (χ0) is 15.0. The predicted octanol–water partition coefficient (Wildman–Crippen LogP) is 2.13. The Hall–Kier alpha value is -2.44. The number of aldehydes is 1. The molecule has 7 nitrogen and oxygen atoms in total. The number of rotatable bonds is 8. The Kier molecular flexibility index (Phi) is 6.15. The minimum absolute atomic E-state index is 0.132. The van der Waals surface area contributed by atoms with Crippen molar-refractivity contribution in [1.29, 1.82) is 0 Å². The van der Waals surface area contributed by atoms with Gasteiger partial charge in [0.05, 0.1) is 11.5 Å². The van der Waals surface area contributed by atoms with Crippen LogP contribution in [0.5, 0.6) is 5.75 Å². The zero-order valence-corrected chi connectivity index (χ0v) is 11.0. The first-order valence-electron chi connectivity index (χ1n) is 6.10. The number of benzene rings is 1. The molecular weight excluding hydrogens is 266 g/mol. The van der Waals surface area contributed by atoms with Crippen molar-refractivity contribution in [1.82, 2.24) is 0 Å². The summed E-state index contributed by atoms with van der Waals surface area (Å²) < 4.78 is 9.92. The van der Waals surface area contributed by atoms with Crippen molar-refractivity contribution in [2.45, 2.75) is 19.8 Å². The minimum atomic E-state index is -0.646. The first kappa shape index (κ1) is 15.6. The van der Waals surface area contributed by atoms with Gasteiger partial charge in [-0.05, 0) is 18.6 Å². The van der Waals surface area contributed by atoms with Crippen LogP contribution in [0.4, 0.5) is 5.69 Å². The summed E-state index contributed by atoms with van der Waals surface area (Å²) in [6, 6.07) is 3.67. The number of carbonyl (C=O) groups is 2. The van der Waals surface area contributed by atoms with Gasteiger partial charge in [-0.3, -0.25) is 14.9 Å². The van der Waals surface area contributed by atoms with Crippen LogP contribution in [0.2, 0.25) is 0 Å². The molecule has 1 rings (SSSR count). The molecule has 0 spiro atoms. The summed E-state index contributed by atoms with van der Waals surface area (Å²) in [6.07, 6.45) is 2.17. The number of nitro benzene ring substituents is 1. The smallest absolute Gasteiger partial charge is 0.344 e. The first-order chi connectivity index (χ1) is 9.58. The average molecular weight is 281 g/mol. The molecule has 0 aliphatic rings. The fourth-order valence-electron chi connectivity index (χ4n) is 1.38. The number of nitrogens with zero attached hydrogens (tertiary/aromatic N) is 1. The van der Waals surface area contributed by atoms with Crippen molar-refractivity contribution in [3.05, 3.63) is 33.9 Å². The van der Waals surface area contributed by atoms with Gasteiger partial charge in [-0.15, -0.1) is 0 Å². The van der Waals surface area contributed by atoms with Crippen LogP contribution in [0.1, 0.15) is 30.1 Å². The van der Waals surface area contributed by atoms with E-state index in [-0.39, 0.29) is 23.6 Å².